The summed E-state index contributed by atoms with van der Waals surface area (Å²) < 4.78 is 13.0. The van der Waals surface area contributed by atoms with Crippen LogP contribution in [0.1, 0.15) is 50.8 Å². The van der Waals surface area contributed by atoms with Crippen molar-refractivity contribution in [3.05, 3.63) is 58.9 Å². The van der Waals surface area contributed by atoms with E-state index in [1.807, 2.05) is 19.1 Å². The van der Waals surface area contributed by atoms with E-state index in [0.717, 1.165) is 34.5 Å². The van der Waals surface area contributed by atoms with E-state index in [2.05, 4.69) is 38.3 Å². The largest absolute Gasteiger partial charge is 0.381 e. The summed E-state index contributed by atoms with van der Waals surface area (Å²) in [6.45, 7) is 10.9. The molecule has 0 fully saturated rings. The quantitative estimate of drug-likeness (QED) is 0.699. The van der Waals surface area contributed by atoms with Crippen molar-refractivity contribution in [3.8, 4) is 0 Å². The molecule has 2 rings (SSSR count). The first kappa shape index (κ1) is 20.0. The molecule has 0 bridgehead atoms. The van der Waals surface area contributed by atoms with Gasteiger partial charge in [0.05, 0.1) is 0 Å². The number of nitrogens with one attached hydrogen (secondary N) is 2. The molecule has 0 spiro atoms. The highest BCUT2D eigenvalue weighted by Gasteiger charge is 2.18. The van der Waals surface area contributed by atoms with Crippen LogP contribution in [0, 0.1) is 18.2 Å². The molecule has 0 saturated carbocycles. The SMILES string of the molecule is CCc1ccc(NCc2ccc(F)cc2)c(C)c1NC(=O)CC(C)(C)C. The van der Waals surface area contributed by atoms with Crippen molar-refractivity contribution in [2.45, 2.75) is 54.0 Å². The summed E-state index contributed by atoms with van der Waals surface area (Å²) in [6, 6.07) is 10.5. The monoisotopic (exact) mass is 356 g/mol. The minimum absolute atomic E-state index is 0.0333. The van der Waals surface area contributed by atoms with Crippen LogP contribution >= 0.6 is 0 Å². The number of rotatable bonds is 6. The van der Waals surface area contributed by atoms with Crippen LogP contribution in [0.2, 0.25) is 0 Å². The number of benzene rings is 2. The fourth-order valence-corrected chi connectivity index (χ4v) is 2.89. The zero-order chi connectivity index (χ0) is 19.3. The molecule has 26 heavy (non-hydrogen) atoms. The zero-order valence-corrected chi connectivity index (χ0v) is 16.4. The van der Waals surface area contributed by atoms with Crippen LogP contribution in [0.3, 0.4) is 0 Å². The average Bonchev–Trinajstić information content (AvgIpc) is 2.55. The molecule has 0 radical (unpaired) electrons. The van der Waals surface area contributed by atoms with Gasteiger partial charge in [0.25, 0.3) is 0 Å². The van der Waals surface area contributed by atoms with Gasteiger partial charge in [-0.2, -0.15) is 0 Å². The molecule has 0 atom stereocenters. The number of halogens is 1. The number of amides is 1. The molecule has 1 amide bonds. The molecule has 0 aliphatic carbocycles. The highest BCUT2D eigenvalue weighted by molar-refractivity contribution is 5.93. The van der Waals surface area contributed by atoms with Crippen LogP contribution in [-0.2, 0) is 17.8 Å². The summed E-state index contributed by atoms with van der Waals surface area (Å²) >= 11 is 0. The molecule has 4 heteroatoms. The summed E-state index contributed by atoms with van der Waals surface area (Å²) in [5.41, 5.74) is 4.96. The van der Waals surface area contributed by atoms with Gasteiger partial charge in [0.1, 0.15) is 5.82 Å². The lowest BCUT2D eigenvalue weighted by Crippen LogP contribution is -2.21. The lowest BCUT2D eigenvalue weighted by molar-refractivity contribution is -0.117. The third-order valence-corrected chi connectivity index (χ3v) is 4.28. The van der Waals surface area contributed by atoms with E-state index >= 15 is 0 Å². The molecular formula is C22H29FN2O. The third kappa shape index (κ3) is 5.58. The first-order valence-corrected chi connectivity index (χ1v) is 9.10. The van der Waals surface area contributed by atoms with E-state index in [1.165, 1.54) is 12.1 Å². The molecular weight excluding hydrogens is 327 g/mol. The van der Waals surface area contributed by atoms with Crippen LogP contribution in [0.5, 0.6) is 0 Å². The van der Waals surface area contributed by atoms with Crippen LogP contribution in [-0.4, -0.2) is 5.91 Å². The Balaban J connectivity index is 2.18. The highest BCUT2D eigenvalue weighted by Crippen LogP contribution is 2.30. The zero-order valence-electron chi connectivity index (χ0n) is 16.4. The average molecular weight is 356 g/mol. The van der Waals surface area contributed by atoms with E-state index < -0.39 is 0 Å². The highest BCUT2D eigenvalue weighted by atomic mass is 19.1. The van der Waals surface area contributed by atoms with Crippen molar-refractivity contribution in [1.82, 2.24) is 0 Å². The molecule has 0 heterocycles. The second-order valence-electron chi connectivity index (χ2n) is 7.89. The summed E-state index contributed by atoms with van der Waals surface area (Å²) in [5.74, 6) is -0.202. The molecule has 2 N–H and O–H groups in total. The van der Waals surface area contributed by atoms with Crippen molar-refractivity contribution in [1.29, 1.82) is 0 Å². The van der Waals surface area contributed by atoms with Crippen molar-refractivity contribution in [2.75, 3.05) is 10.6 Å². The number of carbonyl (C=O) groups is 1. The van der Waals surface area contributed by atoms with Crippen molar-refractivity contribution >= 4 is 17.3 Å². The minimum atomic E-state index is -0.235. The van der Waals surface area contributed by atoms with E-state index in [0.29, 0.717) is 13.0 Å². The van der Waals surface area contributed by atoms with Gasteiger partial charge in [0.2, 0.25) is 5.91 Å². The predicted octanol–water partition coefficient (Wildman–Crippen LogP) is 5.68. The smallest absolute Gasteiger partial charge is 0.224 e. The summed E-state index contributed by atoms with van der Waals surface area (Å²) in [7, 11) is 0. The first-order chi connectivity index (χ1) is 12.2. The van der Waals surface area contributed by atoms with E-state index in [4.69, 9.17) is 0 Å². The van der Waals surface area contributed by atoms with Gasteiger partial charge >= 0.3 is 0 Å². The van der Waals surface area contributed by atoms with Crippen molar-refractivity contribution in [2.24, 2.45) is 5.41 Å². The molecule has 3 nitrogen and oxygen atoms in total. The Bertz CT molecular complexity index is 761. The molecule has 0 saturated heterocycles. The van der Waals surface area contributed by atoms with Gasteiger partial charge in [-0.15, -0.1) is 0 Å². The lowest BCUT2D eigenvalue weighted by Gasteiger charge is -2.21. The van der Waals surface area contributed by atoms with Crippen molar-refractivity contribution in [3.63, 3.8) is 0 Å². The number of hydrogen-bond donors (Lipinski definition) is 2. The van der Waals surface area contributed by atoms with Gasteiger partial charge in [-0.1, -0.05) is 45.9 Å². The Kier molecular flexibility index (Phi) is 6.41. The van der Waals surface area contributed by atoms with Crippen LogP contribution in [0.4, 0.5) is 15.8 Å². The first-order valence-electron chi connectivity index (χ1n) is 9.10. The van der Waals surface area contributed by atoms with Gasteiger partial charge in [-0.3, -0.25) is 4.79 Å². The maximum Gasteiger partial charge on any atom is 0.224 e. The van der Waals surface area contributed by atoms with Gasteiger partial charge in [0.15, 0.2) is 0 Å². The molecule has 2 aromatic rings. The Morgan fingerprint density at radius 3 is 2.31 bits per heavy atom. The molecule has 0 unspecified atom stereocenters. The normalized spacial score (nSPS) is 11.3. The second-order valence-corrected chi connectivity index (χ2v) is 7.89. The molecule has 140 valence electrons. The molecule has 0 aliphatic heterocycles. The Morgan fingerprint density at radius 2 is 1.73 bits per heavy atom. The topological polar surface area (TPSA) is 41.1 Å². The standard InChI is InChI=1S/C22H29FN2O/c1-6-17-9-12-19(24-14-16-7-10-18(23)11-8-16)15(2)21(17)25-20(26)13-22(3,4)5/h7-12,24H,6,13-14H2,1-5H3,(H,25,26). The Labute approximate surface area is 156 Å². The minimum Gasteiger partial charge on any atom is -0.381 e. The van der Waals surface area contributed by atoms with E-state index in [1.54, 1.807) is 12.1 Å². The number of anilines is 2. The number of aryl methyl sites for hydroxylation is 1. The van der Waals surface area contributed by atoms with Gasteiger partial charge in [0, 0.05) is 24.3 Å². The molecule has 0 aromatic heterocycles. The fraction of sp³-hybridized carbons (Fsp3) is 0.409. The molecule has 0 aliphatic rings. The Morgan fingerprint density at radius 1 is 1.08 bits per heavy atom. The van der Waals surface area contributed by atoms with Crippen LogP contribution < -0.4 is 10.6 Å². The molecule has 2 aromatic carbocycles. The number of hydrogen-bond acceptors (Lipinski definition) is 2. The van der Waals surface area contributed by atoms with E-state index in [9.17, 15) is 9.18 Å². The van der Waals surface area contributed by atoms with Gasteiger partial charge in [-0.05, 0) is 53.6 Å². The van der Waals surface area contributed by atoms with Crippen LogP contribution in [0.25, 0.3) is 0 Å². The summed E-state index contributed by atoms with van der Waals surface area (Å²) in [5, 5.41) is 6.49. The lowest BCUT2D eigenvalue weighted by atomic mass is 9.91. The second kappa shape index (κ2) is 8.35. The van der Waals surface area contributed by atoms with Gasteiger partial charge in [-0.25, -0.2) is 4.39 Å². The maximum absolute atomic E-state index is 13.0. The van der Waals surface area contributed by atoms with Crippen molar-refractivity contribution < 1.29 is 9.18 Å². The van der Waals surface area contributed by atoms with E-state index in [-0.39, 0.29) is 17.1 Å². The summed E-state index contributed by atoms with van der Waals surface area (Å²) in [6.07, 6.45) is 1.33. The maximum atomic E-state index is 13.0. The van der Waals surface area contributed by atoms with Crippen LogP contribution in [0.15, 0.2) is 36.4 Å². The Hall–Kier alpha value is -2.36. The van der Waals surface area contributed by atoms with Gasteiger partial charge < -0.3 is 10.6 Å². The summed E-state index contributed by atoms with van der Waals surface area (Å²) in [4.78, 5) is 12.4. The predicted molar refractivity (Wildman–Crippen MR) is 107 cm³/mol. The fourth-order valence-electron chi connectivity index (χ4n) is 2.89. The third-order valence-electron chi connectivity index (χ3n) is 4.28. The number of carbonyl (C=O) groups excluding carboxylic acids is 1.